The van der Waals surface area contributed by atoms with Gasteiger partial charge >= 0.3 is 6.18 Å². The molecule has 2 saturated heterocycles. The lowest BCUT2D eigenvalue weighted by atomic mass is 9.93. The zero-order valence-corrected chi connectivity index (χ0v) is 20.0. The number of fused-ring (bicyclic) bond motifs is 1. The van der Waals surface area contributed by atoms with E-state index in [0.29, 0.717) is 24.4 Å². The smallest absolute Gasteiger partial charge is 0.393 e. The predicted molar refractivity (Wildman–Crippen MR) is 136 cm³/mol. The Morgan fingerprint density at radius 1 is 1.11 bits per heavy atom. The predicted octanol–water partition coefficient (Wildman–Crippen LogP) is 3.02. The minimum Gasteiger partial charge on any atom is -0.397 e. The first-order chi connectivity index (χ1) is 17.7. The highest BCUT2D eigenvalue weighted by atomic mass is 19.4. The summed E-state index contributed by atoms with van der Waals surface area (Å²) in [6.07, 6.45) is -1.65. The van der Waals surface area contributed by atoms with E-state index in [9.17, 15) is 18.0 Å². The normalized spacial score (nSPS) is 20.8. The Balaban J connectivity index is 1.41. The van der Waals surface area contributed by atoms with Crippen LogP contribution in [0.2, 0.25) is 0 Å². The molecule has 0 bridgehead atoms. The van der Waals surface area contributed by atoms with E-state index in [0.717, 1.165) is 24.2 Å². The van der Waals surface area contributed by atoms with Gasteiger partial charge in [-0.2, -0.15) is 13.2 Å². The molecule has 196 valence electrons. The SMILES string of the molecule is Nc1cc2ccc(N3CCOCC3)cc2nc1C(=O)Nc1cnccc1N1CC(N)CC(C(F)(F)F)C1. The molecule has 0 saturated carbocycles. The third-order valence-corrected chi connectivity index (χ3v) is 6.75. The number of amides is 1. The van der Waals surface area contributed by atoms with Gasteiger partial charge in [-0.25, -0.2) is 4.98 Å². The molecule has 2 unspecified atom stereocenters. The maximum atomic E-state index is 13.5. The van der Waals surface area contributed by atoms with Gasteiger partial charge in [0, 0.05) is 49.5 Å². The van der Waals surface area contributed by atoms with Crippen LogP contribution in [0.4, 0.5) is 35.9 Å². The number of hydrogen-bond donors (Lipinski definition) is 3. The van der Waals surface area contributed by atoms with Gasteiger partial charge in [-0.05, 0) is 30.7 Å². The molecule has 2 aliphatic heterocycles. The van der Waals surface area contributed by atoms with E-state index in [-0.39, 0.29) is 36.6 Å². The van der Waals surface area contributed by atoms with Crippen LogP contribution in [0.15, 0.2) is 42.7 Å². The highest BCUT2D eigenvalue weighted by Gasteiger charge is 2.44. The van der Waals surface area contributed by atoms with Gasteiger partial charge in [-0.1, -0.05) is 6.07 Å². The molecule has 1 amide bonds. The number of piperidine rings is 1. The fourth-order valence-corrected chi connectivity index (χ4v) is 4.88. The first-order valence-corrected chi connectivity index (χ1v) is 12.0. The first-order valence-electron chi connectivity index (χ1n) is 12.0. The van der Waals surface area contributed by atoms with Crippen molar-refractivity contribution in [1.82, 2.24) is 9.97 Å². The topological polar surface area (TPSA) is 123 Å². The first kappa shape index (κ1) is 25.0. The number of nitrogens with one attached hydrogen (secondary N) is 1. The molecule has 37 heavy (non-hydrogen) atoms. The van der Waals surface area contributed by atoms with E-state index in [1.54, 1.807) is 12.1 Å². The number of hydrogen-bond acceptors (Lipinski definition) is 8. The molecule has 0 aliphatic carbocycles. The maximum absolute atomic E-state index is 13.5. The second-order valence-corrected chi connectivity index (χ2v) is 9.39. The van der Waals surface area contributed by atoms with Crippen LogP contribution in [0.5, 0.6) is 0 Å². The van der Waals surface area contributed by atoms with E-state index < -0.39 is 24.0 Å². The Bertz CT molecular complexity index is 1300. The number of nitrogens with zero attached hydrogens (tertiary/aromatic N) is 4. The lowest BCUT2D eigenvalue weighted by Gasteiger charge is -2.39. The van der Waals surface area contributed by atoms with E-state index in [1.807, 2.05) is 18.2 Å². The third-order valence-electron chi connectivity index (χ3n) is 6.75. The zero-order chi connectivity index (χ0) is 26.2. The quantitative estimate of drug-likeness (QED) is 0.485. The highest BCUT2D eigenvalue weighted by molar-refractivity contribution is 6.09. The van der Waals surface area contributed by atoms with Crippen LogP contribution in [-0.2, 0) is 4.74 Å². The minimum atomic E-state index is -4.36. The Morgan fingerprint density at radius 3 is 2.65 bits per heavy atom. The number of benzene rings is 1. The maximum Gasteiger partial charge on any atom is 0.393 e. The minimum absolute atomic E-state index is 0.0185. The van der Waals surface area contributed by atoms with Crippen LogP contribution >= 0.6 is 0 Å². The molecule has 3 aromatic rings. The standard InChI is InChI=1S/C25H28F3N7O2/c26-25(27,28)16-10-17(29)14-35(13-16)22-3-4-31-12-21(22)33-24(36)23-19(30)9-15-1-2-18(11-20(15)32-23)34-5-7-37-8-6-34/h1-4,9,11-12,16-17H,5-8,10,13-14,29-30H2,(H,33,36). The summed E-state index contributed by atoms with van der Waals surface area (Å²) in [7, 11) is 0. The summed E-state index contributed by atoms with van der Waals surface area (Å²) in [5.41, 5.74) is 14.6. The highest BCUT2D eigenvalue weighted by Crippen LogP contribution is 2.36. The van der Waals surface area contributed by atoms with Crippen LogP contribution in [0.25, 0.3) is 10.9 Å². The van der Waals surface area contributed by atoms with E-state index >= 15 is 0 Å². The van der Waals surface area contributed by atoms with Crippen molar-refractivity contribution >= 4 is 39.6 Å². The van der Waals surface area contributed by atoms with Gasteiger partial charge in [0.15, 0.2) is 5.69 Å². The average molecular weight is 516 g/mol. The van der Waals surface area contributed by atoms with Gasteiger partial charge in [-0.15, -0.1) is 0 Å². The van der Waals surface area contributed by atoms with E-state index in [1.165, 1.54) is 17.3 Å². The van der Waals surface area contributed by atoms with Crippen molar-refractivity contribution in [2.45, 2.75) is 18.6 Å². The Morgan fingerprint density at radius 2 is 1.89 bits per heavy atom. The van der Waals surface area contributed by atoms with Crippen LogP contribution < -0.4 is 26.6 Å². The molecule has 5 rings (SSSR count). The molecule has 12 heteroatoms. The van der Waals surface area contributed by atoms with Crippen LogP contribution in [0.3, 0.4) is 0 Å². The Kier molecular flexibility index (Phi) is 6.78. The summed E-state index contributed by atoms with van der Waals surface area (Å²) in [5.74, 6) is -2.15. The number of ether oxygens (including phenoxy) is 1. The Labute approximate surface area is 211 Å². The van der Waals surface area contributed by atoms with Crippen molar-refractivity contribution in [3.63, 3.8) is 0 Å². The zero-order valence-electron chi connectivity index (χ0n) is 20.0. The second kappa shape index (κ2) is 10.0. The largest absolute Gasteiger partial charge is 0.397 e. The number of pyridine rings is 2. The molecule has 0 radical (unpaired) electrons. The summed E-state index contributed by atoms with van der Waals surface area (Å²) in [5, 5.41) is 3.53. The van der Waals surface area contributed by atoms with Crippen molar-refractivity contribution in [3.8, 4) is 0 Å². The number of morpholine rings is 1. The number of nitrogen functional groups attached to an aromatic ring is 1. The molecule has 0 spiro atoms. The average Bonchev–Trinajstić information content (AvgIpc) is 2.88. The number of anilines is 4. The monoisotopic (exact) mass is 515 g/mol. The molecule has 9 nitrogen and oxygen atoms in total. The lowest BCUT2D eigenvalue weighted by molar-refractivity contribution is -0.177. The van der Waals surface area contributed by atoms with Crippen LogP contribution in [0.1, 0.15) is 16.9 Å². The molecule has 2 aliphatic rings. The number of halogens is 3. The molecular formula is C25H28F3N7O2. The third kappa shape index (κ3) is 5.39. The number of carbonyl (C=O) groups is 1. The van der Waals surface area contributed by atoms with Crippen molar-refractivity contribution in [3.05, 3.63) is 48.4 Å². The lowest BCUT2D eigenvalue weighted by Crippen LogP contribution is -2.51. The summed E-state index contributed by atoms with van der Waals surface area (Å²) < 4.78 is 45.8. The fraction of sp³-hybridized carbons (Fsp3) is 0.400. The summed E-state index contributed by atoms with van der Waals surface area (Å²) >= 11 is 0. The van der Waals surface area contributed by atoms with Gasteiger partial charge in [0.2, 0.25) is 0 Å². The van der Waals surface area contributed by atoms with Gasteiger partial charge in [0.05, 0.1) is 47.9 Å². The second-order valence-electron chi connectivity index (χ2n) is 9.39. The molecular weight excluding hydrogens is 487 g/mol. The van der Waals surface area contributed by atoms with E-state index in [2.05, 4.69) is 20.2 Å². The molecule has 2 aromatic heterocycles. The van der Waals surface area contributed by atoms with Gasteiger partial charge in [0.25, 0.3) is 5.91 Å². The summed E-state index contributed by atoms with van der Waals surface area (Å²) in [6.45, 7) is 2.75. The van der Waals surface area contributed by atoms with Crippen molar-refractivity contribution < 1.29 is 22.7 Å². The number of aromatic nitrogens is 2. The van der Waals surface area contributed by atoms with Crippen molar-refractivity contribution in [2.24, 2.45) is 11.7 Å². The van der Waals surface area contributed by atoms with Crippen molar-refractivity contribution in [2.75, 3.05) is 60.2 Å². The van der Waals surface area contributed by atoms with Gasteiger partial charge < -0.3 is 31.3 Å². The molecule has 1 aromatic carbocycles. The fourth-order valence-electron chi connectivity index (χ4n) is 4.88. The van der Waals surface area contributed by atoms with Crippen LogP contribution in [0, 0.1) is 5.92 Å². The van der Waals surface area contributed by atoms with Gasteiger partial charge in [-0.3, -0.25) is 9.78 Å². The number of rotatable bonds is 4. The number of alkyl halides is 3. The number of carbonyl (C=O) groups excluding carboxylic acids is 1. The van der Waals surface area contributed by atoms with Gasteiger partial charge in [0.1, 0.15) is 0 Å². The Hall–Kier alpha value is -3.64. The molecule has 5 N–H and O–H groups in total. The summed E-state index contributed by atoms with van der Waals surface area (Å²) in [4.78, 5) is 25.5. The van der Waals surface area contributed by atoms with Crippen molar-refractivity contribution in [1.29, 1.82) is 0 Å². The van der Waals surface area contributed by atoms with Crippen LogP contribution in [-0.4, -0.2) is 67.5 Å². The molecule has 2 atom stereocenters. The van der Waals surface area contributed by atoms with E-state index in [4.69, 9.17) is 16.2 Å². The number of nitrogens with two attached hydrogens (primary N) is 2. The molecule has 4 heterocycles. The summed E-state index contributed by atoms with van der Waals surface area (Å²) in [6, 6.07) is 8.37. The molecule has 2 fully saturated rings.